The van der Waals surface area contributed by atoms with E-state index < -0.39 is 8.25 Å². The van der Waals surface area contributed by atoms with Gasteiger partial charge < -0.3 is 23.8 Å². The Bertz CT molecular complexity index is 450. The molecule has 0 aliphatic heterocycles. The second kappa shape index (κ2) is 10.3. The molecule has 21 heavy (non-hydrogen) atoms. The fourth-order valence-corrected chi connectivity index (χ4v) is 1.79. The van der Waals surface area contributed by atoms with Crippen LogP contribution in [-0.2, 0) is 18.3 Å². The third-order valence-electron chi connectivity index (χ3n) is 2.50. The number of methoxy groups -OCH3 is 1. The zero-order valence-electron chi connectivity index (χ0n) is 12.1. The first-order chi connectivity index (χ1) is 10.2. The molecule has 0 radical (unpaired) electrons. The molecule has 1 amide bonds. The summed E-state index contributed by atoms with van der Waals surface area (Å²) in [6.07, 6.45) is 0. The molecule has 1 rings (SSSR count). The van der Waals surface area contributed by atoms with Crippen molar-refractivity contribution in [2.75, 3.05) is 40.6 Å². The maximum atomic E-state index is 11.8. The van der Waals surface area contributed by atoms with Gasteiger partial charge in [0.15, 0.2) is 0 Å². The van der Waals surface area contributed by atoms with Gasteiger partial charge in [0.05, 0.1) is 26.9 Å². The maximum Gasteiger partial charge on any atom is 0.318 e. The summed E-state index contributed by atoms with van der Waals surface area (Å²) < 4.78 is 30.3. The summed E-state index contributed by atoms with van der Waals surface area (Å²) in [5, 5.41) is 2.72. The molecule has 1 aromatic carbocycles. The predicted octanol–water partition coefficient (Wildman–Crippen LogP) is 1.49. The van der Waals surface area contributed by atoms with E-state index in [-0.39, 0.29) is 19.1 Å². The first-order valence-electron chi connectivity index (χ1n) is 6.38. The number of carbonyl (C=O) groups excluding carboxylic acids is 1. The molecule has 0 aromatic heterocycles. The topological polar surface area (TPSA) is 83.1 Å². The summed E-state index contributed by atoms with van der Waals surface area (Å²) in [5.41, 5.74) is 0.554. The molecule has 0 saturated carbocycles. The largest absolute Gasteiger partial charge is 0.497 e. The van der Waals surface area contributed by atoms with Crippen molar-refractivity contribution in [3.8, 4) is 5.75 Å². The summed E-state index contributed by atoms with van der Waals surface area (Å²) in [5.74, 6) is 0.521. The molecule has 0 aliphatic rings. The van der Waals surface area contributed by atoms with Crippen LogP contribution in [-0.4, -0.2) is 46.5 Å². The average Bonchev–Trinajstić information content (AvgIpc) is 2.53. The van der Waals surface area contributed by atoms with Crippen LogP contribution in [0.2, 0.25) is 0 Å². The van der Waals surface area contributed by atoms with Crippen LogP contribution in [0.15, 0.2) is 24.3 Å². The standard InChI is InChI=1S/C13H20NO6P/c1-17-12-5-3-11(4-6-12)13(15)14-7-8-19-9-10-20-21(16)18-2/h3-6,21H,7-10H2,1-2H3,(H,14,15). The Balaban J connectivity index is 2.11. The number of carbonyl (C=O) groups is 1. The second-order valence-electron chi connectivity index (χ2n) is 3.90. The van der Waals surface area contributed by atoms with Gasteiger partial charge in [0.2, 0.25) is 0 Å². The SMILES string of the molecule is COc1ccc(C(=O)NCCOCCO[PH](=O)OC)cc1. The third-order valence-corrected chi connectivity index (χ3v) is 3.27. The minimum Gasteiger partial charge on any atom is -0.497 e. The number of amides is 1. The molecule has 1 unspecified atom stereocenters. The maximum absolute atomic E-state index is 11.8. The van der Waals surface area contributed by atoms with Crippen LogP contribution in [0.1, 0.15) is 10.4 Å². The molecule has 0 bridgehead atoms. The third kappa shape index (κ3) is 7.24. The lowest BCUT2D eigenvalue weighted by Gasteiger charge is -2.07. The Morgan fingerprint density at radius 1 is 1.14 bits per heavy atom. The van der Waals surface area contributed by atoms with Crippen molar-refractivity contribution in [3.63, 3.8) is 0 Å². The molecule has 0 aliphatic carbocycles. The van der Waals surface area contributed by atoms with Crippen molar-refractivity contribution in [2.24, 2.45) is 0 Å². The number of nitrogens with one attached hydrogen (secondary N) is 1. The van der Waals surface area contributed by atoms with Crippen molar-refractivity contribution in [1.82, 2.24) is 5.32 Å². The van der Waals surface area contributed by atoms with Crippen LogP contribution in [0.25, 0.3) is 0 Å². The Morgan fingerprint density at radius 2 is 1.86 bits per heavy atom. The second-order valence-corrected chi connectivity index (χ2v) is 5.10. The molecule has 8 heteroatoms. The molecule has 0 heterocycles. The molecular formula is C13H20NO6P. The van der Waals surface area contributed by atoms with E-state index in [1.807, 2.05) is 0 Å². The summed E-state index contributed by atoms with van der Waals surface area (Å²) in [6, 6.07) is 6.82. The highest BCUT2D eigenvalue weighted by molar-refractivity contribution is 7.33. The fraction of sp³-hybridized carbons (Fsp3) is 0.462. The van der Waals surface area contributed by atoms with Gasteiger partial charge in [0.25, 0.3) is 5.91 Å². The number of benzene rings is 1. The Hall–Kier alpha value is -1.40. The van der Waals surface area contributed by atoms with Gasteiger partial charge in [0, 0.05) is 19.2 Å². The van der Waals surface area contributed by atoms with Crippen LogP contribution < -0.4 is 10.1 Å². The molecule has 118 valence electrons. The zero-order valence-corrected chi connectivity index (χ0v) is 13.1. The van der Waals surface area contributed by atoms with Gasteiger partial charge in [-0.2, -0.15) is 0 Å². The fourth-order valence-electron chi connectivity index (χ4n) is 1.43. The number of hydrogen-bond acceptors (Lipinski definition) is 6. The van der Waals surface area contributed by atoms with Gasteiger partial charge in [0.1, 0.15) is 5.75 Å². The van der Waals surface area contributed by atoms with E-state index in [0.717, 1.165) is 0 Å². The lowest BCUT2D eigenvalue weighted by atomic mass is 10.2. The average molecular weight is 317 g/mol. The number of rotatable bonds is 10. The van der Waals surface area contributed by atoms with Gasteiger partial charge in [-0.25, -0.2) is 0 Å². The molecular weight excluding hydrogens is 297 g/mol. The van der Waals surface area contributed by atoms with Gasteiger partial charge in [-0.15, -0.1) is 0 Å². The monoisotopic (exact) mass is 317 g/mol. The van der Waals surface area contributed by atoms with Crippen molar-refractivity contribution in [1.29, 1.82) is 0 Å². The molecule has 0 saturated heterocycles. The van der Waals surface area contributed by atoms with Crippen LogP contribution in [0.3, 0.4) is 0 Å². The van der Waals surface area contributed by atoms with E-state index >= 15 is 0 Å². The summed E-state index contributed by atoms with van der Waals surface area (Å²) in [6.45, 7) is 1.21. The van der Waals surface area contributed by atoms with Gasteiger partial charge in [-0.3, -0.25) is 9.36 Å². The van der Waals surface area contributed by atoms with Crippen LogP contribution in [0, 0.1) is 0 Å². The van der Waals surface area contributed by atoms with Gasteiger partial charge in [-0.05, 0) is 24.3 Å². The lowest BCUT2D eigenvalue weighted by Crippen LogP contribution is -2.27. The minimum absolute atomic E-state index is 0.179. The highest BCUT2D eigenvalue weighted by Gasteiger charge is 2.04. The summed E-state index contributed by atoms with van der Waals surface area (Å²) in [7, 11) is 0.499. The minimum atomic E-state index is -2.39. The quantitative estimate of drug-likeness (QED) is 0.520. The smallest absolute Gasteiger partial charge is 0.318 e. The van der Waals surface area contributed by atoms with Gasteiger partial charge in [-0.1, -0.05) is 0 Å². The molecule has 0 fully saturated rings. The Labute approximate surface area is 124 Å². The highest BCUT2D eigenvalue weighted by Crippen LogP contribution is 2.20. The predicted molar refractivity (Wildman–Crippen MR) is 78.1 cm³/mol. The lowest BCUT2D eigenvalue weighted by molar-refractivity contribution is 0.0858. The molecule has 7 nitrogen and oxygen atoms in total. The van der Waals surface area contributed by atoms with E-state index in [4.69, 9.17) is 14.0 Å². The first kappa shape index (κ1) is 17.7. The van der Waals surface area contributed by atoms with Crippen LogP contribution >= 0.6 is 8.25 Å². The van der Waals surface area contributed by atoms with E-state index in [1.165, 1.54) is 7.11 Å². The van der Waals surface area contributed by atoms with Crippen molar-refractivity contribution < 1.29 is 27.9 Å². The number of ether oxygens (including phenoxy) is 2. The van der Waals surface area contributed by atoms with E-state index in [0.29, 0.717) is 24.5 Å². The first-order valence-corrected chi connectivity index (χ1v) is 7.60. The van der Waals surface area contributed by atoms with Crippen molar-refractivity contribution >= 4 is 14.2 Å². The zero-order chi connectivity index (χ0) is 15.5. The van der Waals surface area contributed by atoms with E-state index in [1.54, 1.807) is 31.4 Å². The molecule has 1 atom stereocenters. The summed E-state index contributed by atoms with van der Waals surface area (Å²) >= 11 is 0. The van der Waals surface area contributed by atoms with E-state index in [9.17, 15) is 9.36 Å². The summed E-state index contributed by atoms with van der Waals surface area (Å²) in [4.78, 5) is 11.8. The molecule has 1 aromatic rings. The van der Waals surface area contributed by atoms with Crippen LogP contribution in [0.4, 0.5) is 0 Å². The Morgan fingerprint density at radius 3 is 2.48 bits per heavy atom. The van der Waals surface area contributed by atoms with E-state index in [2.05, 4.69) is 9.84 Å². The normalized spacial score (nSPS) is 11.9. The van der Waals surface area contributed by atoms with Crippen molar-refractivity contribution in [2.45, 2.75) is 0 Å². The van der Waals surface area contributed by atoms with Gasteiger partial charge >= 0.3 is 8.25 Å². The highest BCUT2D eigenvalue weighted by atomic mass is 31.1. The number of hydrogen-bond donors (Lipinski definition) is 1. The van der Waals surface area contributed by atoms with Crippen molar-refractivity contribution in [3.05, 3.63) is 29.8 Å². The Kier molecular flexibility index (Phi) is 8.69. The van der Waals surface area contributed by atoms with Crippen LogP contribution in [0.5, 0.6) is 5.75 Å². The molecule has 1 N–H and O–H groups in total. The molecule has 0 spiro atoms.